The SMILES string of the molecule is Cc1ccc(CN2CCC(CCC(=O)O)C2)c(C)c1. The van der Waals surface area contributed by atoms with E-state index in [4.69, 9.17) is 5.11 Å². The summed E-state index contributed by atoms with van der Waals surface area (Å²) in [6.45, 7) is 7.42. The summed E-state index contributed by atoms with van der Waals surface area (Å²) >= 11 is 0. The van der Waals surface area contributed by atoms with Gasteiger partial charge in [-0.15, -0.1) is 0 Å². The van der Waals surface area contributed by atoms with Crippen LogP contribution in [0, 0.1) is 19.8 Å². The first-order valence-electron chi connectivity index (χ1n) is 7.05. The second-order valence-corrected chi connectivity index (χ2v) is 5.75. The van der Waals surface area contributed by atoms with Gasteiger partial charge in [-0.3, -0.25) is 9.69 Å². The fourth-order valence-corrected chi connectivity index (χ4v) is 2.88. The Hall–Kier alpha value is -1.35. The number of likely N-dealkylation sites (tertiary alicyclic amines) is 1. The maximum atomic E-state index is 10.6. The number of benzene rings is 1. The molecule has 1 aromatic rings. The topological polar surface area (TPSA) is 40.5 Å². The highest BCUT2D eigenvalue weighted by Crippen LogP contribution is 2.23. The molecule has 1 N–H and O–H groups in total. The van der Waals surface area contributed by atoms with Crippen LogP contribution in [0.1, 0.15) is 36.0 Å². The van der Waals surface area contributed by atoms with Crippen molar-refractivity contribution in [2.75, 3.05) is 13.1 Å². The zero-order valence-corrected chi connectivity index (χ0v) is 11.9. The normalized spacial score (nSPS) is 19.8. The van der Waals surface area contributed by atoms with Crippen molar-refractivity contribution in [2.24, 2.45) is 5.92 Å². The predicted octanol–water partition coefficient (Wildman–Crippen LogP) is 2.99. The minimum absolute atomic E-state index is 0.308. The van der Waals surface area contributed by atoms with Gasteiger partial charge in [-0.25, -0.2) is 0 Å². The fourth-order valence-electron chi connectivity index (χ4n) is 2.88. The lowest BCUT2D eigenvalue weighted by molar-refractivity contribution is -0.137. The van der Waals surface area contributed by atoms with Gasteiger partial charge in [0.25, 0.3) is 0 Å². The van der Waals surface area contributed by atoms with E-state index in [2.05, 4.69) is 36.9 Å². The van der Waals surface area contributed by atoms with Gasteiger partial charge in [-0.1, -0.05) is 23.8 Å². The van der Waals surface area contributed by atoms with Crippen LogP contribution in [0.25, 0.3) is 0 Å². The van der Waals surface area contributed by atoms with E-state index in [1.807, 2.05) is 0 Å². The van der Waals surface area contributed by atoms with E-state index < -0.39 is 5.97 Å². The van der Waals surface area contributed by atoms with Gasteiger partial charge in [-0.2, -0.15) is 0 Å². The molecule has 1 heterocycles. The van der Waals surface area contributed by atoms with Gasteiger partial charge in [0.2, 0.25) is 0 Å². The van der Waals surface area contributed by atoms with Crippen LogP contribution in [-0.4, -0.2) is 29.1 Å². The van der Waals surface area contributed by atoms with Crippen LogP contribution in [0.3, 0.4) is 0 Å². The maximum Gasteiger partial charge on any atom is 0.303 e. The average Bonchev–Trinajstić information content (AvgIpc) is 2.78. The van der Waals surface area contributed by atoms with E-state index >= 15 is 0 Å². The molecule has 104 valence electrons. The lowest BCUT2D eigenvalue weighted by Gasteiger charge is -2.17. The molecule has 0 amide bonds. The van der Waals surface area contributed by atoms with Gasteiger partial charge in [0.05, 0.1) is 0 Å². The number of hydrogen-bond donors (Lipinski definition) is 1. The maximum absolute atomic E-state index is 10.6. The molecule has 3 heteroatoms. The molecule has 1 aromatic carbocycles. The predicted molar refractivity (Wildman–Crippen MR) is 76.2 cm³/mol. The third-order valence-electron chi connectivity index (χ3n) is 4.03. The van der Waals surface area contributed by atoms with E-state index in [1.54, 1.807) is 0 Å². The van der Waals surface area contributed by atoms with Crippen molar-refractivity contribution in [3.63, 3.8) is 0 Å². The molecule has 0 radical (unpaired) electrons. The summed E-state index contributed by atoms with van der Waals surface area (Å²) < 4.78 is 0. The first-order chi connectivity index (χ1) is 9.04. The summed E-state index contributed by atoms with van der Waals surface area (Å²) in [6.07, 6.45) is 2.26. The van der Waals surface area contributed by atoms with Crippen LogP contribution in [-0.2, 0) is 11.3 Å². The van der Waals surface area contributed by atoms with E-state index in [1.165, 1.54) is 16.7 Å². The molecule has 1 aliphatic rings. The van der Waals surface area contributed by atoms with Crippen molar-refractivity contribution < 1.29 is 9.90 Å². The lowest BCUT2D eigenvalue weighted by Crippen LogP contribution is -2.20. The Balaban J connectivity index is 1.86. The Labute approximate surface area is 115 Å². The van der Waals surface area contributed by atoms with E-state index in [0.29, 0.717) is 12.3 Å². The van der Waals surface area contributed by atoms with Gasteiger partial charge in [0.1, 0.15) is 0 Å². The third kappa shape index (κ3) is 4.06. The summed E-state index contributed by atoms with van der Waals surface area (Å²) in [7, 11) is 0. The molecular formula is C16H23NO2. The van der Waals surface area contributed by atoms with Crippen LogP contribution in [0.15, 0.2) is 18.2 Å². The van der Waals surface area contributed by atoms with Gasteiger partial charge < -0.3 is 5.11 Å². The highest BCUT2D eigenvalue weighted by atomic mass is 16.4. The lowest BCUT2D eigenvalue weighted by atomic mass is 10.0. The summed E-state index contributed by atoms with van der Waals surface area (Å²) in [5.74, 6) is -0.116. The third-order valence-corrected chi connectivity index (χ3v) is 4.03. The summed E-state index contributed by atoms with van der Waals surface area (Å²) in [4.78, 5) is 13.0. The second-order valence-electron chi connectivity index (χ2n) is 5.75. The number of rotatable bonds is 5. The number of carboxylic acid groups (broad SMARTS) is 1. The van der Waals surface area contributed by atoms with Crippen LogP contribution in [0.4, 0.5) is 0 Å². The fraction of sp³-hybridized carbons (Fsp3) is 0.562. The minimum Gasteiger partial charge on any atom is -0.481 e. The molecule has 3 nitrogen and oxygen atoms in total. The average molecular weight is 261 g/mol. The molecule has 19 heavy (non-hydrogen) atoms. The first kappa shape index (κ1) is 14.1. The smallest absolute Gasteiger partial charge is 0.303 e. The van der Waals surface area contributed by atoms with Gasteiger partial charge in [0.15, 0.2) is 0 Å². The van der Waals surface area contributed by atoms with Gasteiger partial charge in [-0.05, 0) is 50.3 Å². The molecule has 1 saturated heterocycles. The molecule has 1 atom stereocenters. The Kier molecular flexibility index (Phi) is 4.59. The molecule has 0 bridgehead atoms. The van der Waals surface area contributed by atoms with Crippen molar-refractivity contribution in [3.05, 3.63) is 34.9 Å². The van der Waals surface area contributed by atoms with E-state index in [9.17, 15) is 4.79 Å². The number of hydrogen-bond acceptors (Lipinski definition) is 2. The Morgan fingerprint density at radius 1 is 1.42 bits per heavy atom. The first-order valence-corrected chi connectivity index (χ1v) is 7.05. The molecule has 1 aliphatic heterocycles. The number of carbonyl (C=O) groups is 1. The quantitative estimate of drug-likeness (QED) is 0.885. The molecule has 2 rings (SSSR count). The highest BCUT2D eigenvalue weighted by Gasteiger charge is 2.23. The molecule has 0 saturated carbocycles. The van der Waals surface area contributed by atoms with Crippen molar-refractivity contribution >= 4 is 5.97 Å². The molecule has 1 fully saturated rings. The highest BCUT2D eigenvalue weighted by molar-refractivity contribution is 5.66. The minimum atomic E-state index is -0.673. The zero-order valence-electron chi connectivity index (χ0n) is 11.9. The van der Waals surface area contributed by atoms with E-state index in [0.717, 1.165) is 32.5 Å². The van der Waals surface area contributed by atoms with Crippen molar-refractivity contribution in [2.45, 2.75) is 39.7 Å². The zero-order chi connectivity index (χ0) is 13.8. The number of carboxylic acids is 1. The van der Waals surface area contributed by atoms with Crippen molar-refractivity contribution in [1.82, 2.24) is 4.90 Å². The number of aliphatic carboxylic acids is 1. The largest absolute Gasteiger partial charge is 0.481 e. The standard InChI is InChI=1S/C16H23NO2/c1-12-3-5-15(13(2)9-12)11-17-8-7-14(10-17)4-6-16(18)19/h3,5,9,14H,4,6-8,10-11H2,1-2H3,(H,18,19). The number of nitrogens with zero attached hydrogens (tertiary/aromatic N) is 1. The Bertz CT molecular complexity index is 456. The second kappa shape index (κ2) is 6.20. The van der Waals surface area contributed by atoms with Crippen molar-refractivity contribution in [1.29, 1.82) is 0 Å². The van der Waals surface area contributed by atoms with Crippen LogP contribution in [0.5, 0.6) is 0 Å². The molecular weight excluding hydrogens is 238 g/mol. The van der Waals surface area contributed by atoms with Gasteiger partial charge in [0, 0.05) is 19.5 Å². The van der Waals surface area contributed by atoms with Crippen LogP contribution in [0.2, 0.25) is 0 Å². The summed E-state index contributed by atoms with van der Waals surface area (Å²) in [5.41, 5.74) is 4.06. The van der Waals surface area contributed by atoms with E-state index in [-0.39, 0.29) is 0 Å². The number of aryl methyl sites for hydroxylation is 2. The van der Waals surface area contributed by atoms with Crippen molar-refractivity contribution in [3.8, 4) is 0 Å². The molecule has 0 aromatic heterocycles. The monoisotopic (exact) mass is 261 g/mol. The summed E-state index contributed by atoms with van der Waals surface area (Å²) in [5, 5.41) is 8.72. The molecule has 0 aliphatic carbocycles. The Morgan fingerprint density at radius 3 is 2.89 bits per heavy atom. The molecule has 0 spiro atoms. The van der Waals surface area contributed by atoms with Crippen LogP contribution < -0.4 is 0 Å². The summed E-state index contributed by atoms with van der Waals surface area (Å²) in [6, 6.07) is 6.61. The van der Waals surface area contributed by atoms with Gasteiger partial charge >= 0.3 is 5.97 Å². The Morgan fingerprint density at radius 2 is 2.21 bits per heavy atom. The van der Waals surface area contributed by atoms with Crippen LogP contribution >= 0.6 is 0 Å². The molecule has 1 unspecified atom stereocenters.